The molecule has 0 aliphatic heterocycles. The van der Waals surface area contributed by atoms with Gasteiger partial charge in [-0.25, -0.2) is 0 Å². The van der Waals surface area contributed by atoms with E-state index < -0.39 is 0 Å². The molecule has 0 amide bonds. The third-order valence-electron chi connectivity index (χ3n) is 3.05. The summed E-state index contributed by atoms with van der Waals surface area (Å²) >= 11 is 0. The Morgan fingerprint density at radius 1 is 1.44 bits per heavy atom. The van der Waals surface area contributed by atoms with Crippen molar-refractivity contribution < 1.29 is 4.74 Å². The molecule has 1 aliphatic carbocycles. The third-order valence-corrected chi connectivity index (χ3v) is 3.05. The van der Waals surface area contributed by atoms with Crippen LogP contribution in [0.5, 0.6) is 0 Å². The molecule has 0 saturated heterocycles. The lowest BCUT2D eigenvalue weighted by Crippen LogP contribution is -2.41. The Balaban J connectivity index is 1.84. The molecular weight excluding hydrogens is 206 g/mol. The Hall–Kier alpha value is -1.01. The number of tetrazole rings is 1. The maximum absolute atomic E-state index is 5.84. The minimum absolute atomic E-state index is 0.280. The van der Waals surface area contributed by atoms with Crippen LogP contribution >= 0.6 is 0 Å². The van der Waals surface area contributed by atoms with Crippen LogP contribution in [0.3, 0.4) is 0 Å². The quantitative estimate of drug-likeness (QED) is 0.796. The minimum atomic E-state index is 0.280. The van der Waals surface area contributed by atoms with E-state index in [2.05, 4.69) is 20.7 Å². The fraction of sp³-hybridized carbons (Fsp3) is 0.900. The van der Waals surface area contributed by atoms with Gasteiger partial charge in [-0.1, -0.05) is 12.8 Å². The smallest absolute Gasteiger partial charge is 0.200 e. The summed E-state index contributed by atoms with van der Waals surface area (Å²) in [6.07, 6.45) is 5.12. The van der Waals surface area contributed by atoms with Gasteiger partial charge >= 0.3 is 0 Å². The first-order valence-corrected chi connectivity index (χ1v) is 5.81. The SMILES string of the molecule is CNC1CCCCC1OCc1nnn(C)n1. The highest BCUT2D eigenvalue weighted by Gasteiger charge is 2.24. The summed E-state index contributed by atoms with van der Waals surface area (Å²) in [5, 5.41) is 15.1. The van der Waals surface area contributed by atoms with Crippen LogP contribution in [0.1, 0.15) is 31.5 Å². The standard InChI is InChI=1S/C10H19N5O/c1-11-8-5-3-4-6-9(8)16-7-10-12-14-15(2)13-10/h8-9,11H,3-7H2,1-2H3. The number of aromatic nitrogens is 4. The van der Waals surface area contributed by atoms with Crippen LogP contribution in [0.25, 0.3) is 0 Å². The predicted molar refractivity (Wildman–Crippen MR) is 58.7 cm³/mol. The molecule has 0 radical (unpaired) electrons. The average molecular weight is 225 g/mol. The molecular formula is C10H19N5O. The highest BCUT2D eigenvalue weighted by Crippen LogP contribution is 2.21. The molecule has 1 aromatic heterocycles. The van der Waals surface area contributed by atoms with Gasteiger partial charge in [0, 0.05) is 6.04 Å². The van der Waals surface area contributed by atoms with Gasteiger partial charge in [0.2, 0.25) is 0 Å². The number of nitrogens with one attached hydrogen (secondary N) is 1. The van der Waals surface area contributed by atoms with E-state index in [4.69, 9.17) is 4.74 Å². The molecule has 2 atom stereocenters. The normalized spacial score (nSPS) is 25.9. The zero-order chi connectivity index (χ0) is 11.4. The topological polar surface area (TPSA) is 64.9 Å². The first-order valence-electron chi connectivity index (χ1n) is 5.81. The minimum Gasteiger partial charge on any atom is -0.368 e. The van der Waals surface area contributed by atoms with Gasteiger partial charge in [0.1, 0.15) is 6.61 Å². The molecule has 0 bridgehead atoms. The maximum Gasteiger partial charge on any atom is 0.200 e. The molecule has 90 valence electrons. The van der Waals surface area contributed by atoms with Gasteiger partial charge in [-0.2, -0.15) is 4.80 Å². The van der Waals surface area contributed by atoms with Gasteiger partial charge < -0.3 is 10.1 Å². The van der Waals surface area contributed by atoms with E-state index in [0.29, 0.717) is 18.5 Å². The fourth-order valence-corrected chi connectivity index (χ4v) is 2.19. The molecule has 0 spiro atoms. The Bertz CT molecular complexity index is 327. The molecule has 2 rings (SSSR count). The van der Waals surface area contributed by atoms with Gasteiger partial charge in [0.25, 0.3) is 0 Å². The van der Waals surface area contributed by atoms with Crippen molar-refractivity contribution in [2.24, 2.45) is 7.05 Å². The van der Waals surface area contributed by atoms with Crippen LogP contribution in [0.15, 0.2) is 0 Å². The van der Waals surface area contributed by atoms with Crippen LogP contribution in [0, 0.1) is 0 Å². The summed E-state index contributed by atoms with van der Waals surface area (Å²) in [5.41, 5.74) is 0. The number of likely N-dealkylation sites (N-methyl/N-ethyl adjacent to an activating group) is 1. The number of hydrogen-bond donors (Lipinski definition) is 1. The Kier molecular flexibility index (Phi) is 3.84. The van der Waals surface area contributed by atoms with E-state index in [9.17, 15) is 0 Å². The van der Waals surface area contributed by atoms with Crippen LogP contribution in [0.4, 0.5) is 0 Å². The van der Waals surface area contributed by atoms with E-state index in [0.717, 1.165) is 6.42 Å². The number of ether oxygens (including phenoxy) is 1. The van der Waals surface area contributed by atoms with Crippen molar-refractivity contribution in [2.75, 3.05) is 7.05 Å². The van der Waals surface area contributed by atoms with Crippen LogP contribution in [-0.2, 0) is 18.4 Å². The summed E-state index contributed by atoms with van der Waals surface area (Å²) in [7, 11) is 3.75. The van der Waals surface area contributed by atoms with E-state index in [1.54, 1.807) is 7.05 Å². The van der Waals surface area contributed by atoms with Crippen molar-refractivity contribution in [1.29, 1.82) is 0 Å². The van der Waals surface area contributed by atoms with E-state index in [-0.39, 0.29) is 6.10 Å². The second-order valence-corrected chi connectivity index (χ2v) is 4.22. The summed E-state index contributed by atoms with van der Waals surface area (Å²) in [5.74, 6) is 0.655. The van der Waals surface area contributed by atoms with Crippen molar-refractivity contribution in [3.63, 3.8) is 0 Å². The number of rotatable bonds is 4. The summed E-state index contributed by atoms with van der Waals surface area (Å²) < 4.78 is 5.84. The predicted octanol–water partition coefficient (Wildman–Crippen LogP) is 0.257. The molecule has 1 fully saturated rings. The van der Waals surface area contributed by atoms with Gasteiger partial charge in [0.15, 0.2) is 5.82 Å². The first kappa shape index (κ1) is 11.5. The Morgan fingerprint density at radius 2 is 2.25 bits per heavy atom. The second kappa shape index (κ2) is 5.36. The van der Waals surface area contributed by atoms with Gasteiger partial charge in [0.05, 0.1) is 13.2 Å². The largest absolute Gasteiger partial charge is 0.368 e. The van der Waals surface area contributed by atoms with Crippen molar-refractivity contribution in [2.45, 2.75) is 44.4 Å². The van der Waals surface area contributed by atoms with Crippen LogP contribution in [-0.4, -0.2) is 39.4 Å². The van der Waals surface area contributed by atoms with Gasteiger partial charge in [-0.3, -0.25) is 0 Å². The summed E-state index contributed by atoms with van der Waals surface area (Å²) in [4.78, 5) is 1.45. The zero-order valence-electron chi connectivity index (χ0n) is 9.89. The summed E-state index contributed by atoms with van der Waals surface area (Å²) in [6.45, 7) is 0.455. The van der Waals surface area contributed by atoms with Gasteiger partial charge in [-0.15, -0.1) is 10.2 Å². The molecule has 0 aromatic carbocycles. The average Bonchev–Trinajstić information content (AvgIpc) is 2.73. The number of aryl methyl sites for hydroxylation is 1. The molecule has 1 aromatic rings. The molecule has 2 unspecified atom stereocenters. The molecule has 1 N–H and O–H groups in total. The highest BCUT2D eigenvalue weighted by atomic mass is 16.5. The molecule has 16 heavy (non-hydrogen) atoms. The number of hydrogen-bond acceptors (Lipinski definition) is 5. The lowest BCUT2D eigenvalue weighted by Gasteiger charge is -2.30. The summed E-state index contributed by atoms with van der Waals surface area (Å²) in [6, 6.07) is 0.463. The van der Waals surface area contributed by atoms with Crippen molar-refractivity contribution in [3.8, 4) is 0 Å². The zero-order valence-corrected chi connectivity index (χ0v) is 9.89. The molecule has 1 aliphatic rings. The van der Waals surface area contributed by atoms with Gasteiger partial charge in [-0.05, 0) is 25.1 Å². The third kappa shape index (κ3) is 2.76. The van der Waals surface area contributed by atoms with Crippen molar-refractivity contribution in [3.05, 3.63) is 5.82 Å². The number of nitrogens with zero attached hydrogens (tertiary/aromatic N) is 4. The van der Waals surface area contributed by atoms with Crippen LogP contribution < -0.4 is 5.32 Å². The fourth-order valence-electron chi connectivity index (χ4n) is 2.19. The molecule has 6 nitrogen and oxygen atoms in total. The van der Waals surface area contributed by atoms with E-state index in [1.807, 2.05) is 7.05 Å². The highest BCUT2D eigenvalue weighted by molar-refractivity contribution is 4.82. The first-order chi connectivity index (χ1) is 7.79. The van der Waals surface area contributed by atoms with Crippen molar-refractivity contribution >= 4 is 0 Å². The molecule has 6 heteroatoms. The Morgan fingerprint density at radius 3 is 2.94 bits per heavy atom. The maximum atomic E-state index is 5.84. The Labute approximate surface area is 95.4 Å². The van der Waals surface area contributed by atoms with Crippen LogP contribution in [0.2, 0.25) is 0 Å². The van der Waals surface area contributed by atoms with E-state index in [1.165, 1.54) is 24.1 Å². The molecule has 1 heterocycles. The molecule has 1 saturated carbocycles. The lowest BCUT2D eigenvalue weighted by atomic mass is 9.92. The monoisotopic (exact) mass is 225 g/mol. The van der Waals surface area contributed by atoms with E-state index >= 15 is 0 Å². The second-order valence-electron chi connectivity index (χ2n) is 4.22. The lowest BCUT2D eigenvalue weighted by molar-refractivity contribution is -0.00660. The van der Waals surface area contributed by atoms with Crippen molar-refractivity contribution in [1.82, 2.24) is 25.5 Å².